The molecule has 0 unspecified atom stereocenters. The van der Waals surface area contributed by atoms with Crippen LogP contribution in [0.4, 0.5) is 17.1 Å². The van der Waals surface area contributed by atoms with E-state index in [1.807, 2.05) is 50.2 Å². The third kappa shape index (κ3) is 4.75. The number of hydrogen-bond donors (Lipinski definition) is 2. The van der Waals surface area contributed by atoms with E-state index in [-0.39, 0.29) is 11.8 Å². The number of ether oxygens (including phenoxy) is 1. The highest BCUT2D eigenvalue weighted by Crippen LogP contribution is 2.35. The highest BCUT2D eigenvalue weighted by molar-refractivity contribution is 6.32. The fraction of sp³-hybridized carbons (Fsp3) is 0.261. The maximum atomic E-state index is 12.5. The normalized spacial score (nSPS) is 14.1. The van der Waals surface area contributed by atoms with E-state index in [9.17, 15) is 14.4 Å². The molecule has 1 heterocycles. The molecular weight excluding hydrogens is 396 g/mol. The molecule has 0 aromatic heterocycles. The number of amides is 2. The number of nitrogens with one attached hydrogen (secondary N) is 2. The summed E-state index contributed by atoms with van der Waals surface area (Å²) in [7, 11) is 6.75. The number of likely N-dealkylation sites (N-methyl/N-ethyl adjacent to an activating group) is 2. The minimum absolute atomic E-state index is 0.00503. The second-order valence-electron chi connectivity index (χ2n) is 7.57. The zero-order valence-corrected chi connectivity index (χ0v) is 18.3. The first-order chi connectivity index (χ1) is 14.7. The summed E-state index contributed by atoms with van der Waals surface area (Å²) in [4.78, 5) is 39.9. The molecule has 0 aliphatic carbocycles. The molecular formula is C23H26N4O4. The quantitative estimate of drug-likeness (QED) is 0.550. The van der Waals surface area contributed by atoms with Crippen molar-refractivity contribution in [3.05, 3.63) is 59.3 Å². The fourth-order valence-electron chi connectivity index (χ4n) is 3.36. The molecule has 162 valence electrons. The molecule has 2 amide bonds. The second kappa shape index (κ2) is 9.01. The number of rotatable bonds is 6. The third-order valence-electron chi connectivity index (χ3n) is 4.97. The van der Waals surface area contributed by atoms with Crippen molar-refractivity contribution in [2.24, 2.45) is 0 Å². The third-order valence-corrected chi connectivity index (χ3v) is 4.97. The monoisotopic (exact) mass is 422 g/mol. The minimum Gasteiger partial charge on any atom is -0.465 e. The summed E-state index contributed by atoms with van der Waals surface area (Å²) >= 11 is 0. The van der Waals surface area contributed by atoms with Gasteiger partial charge in [-0.25, -0.2) is 4.79 Å². The molecule has 1 aliphatic heterocycles. The number of anilines is 3. The average Bonchev–Trinajstić information content (AvgIpc) is 3.07. The molecule has 2 N–H and O–H groups in total. The first-order valence-corrected chi connectivity index (χ1v) is 9.74. The molecule has 2 aromatic carbocycles. The van der Waals surface area contributed by atoms with Crippen LogP contribution in [-0.2, 0) is 14.3 Å². The van der Waals surface area contributed by atoms with Gasteiger partial charge in [-0.1, -0.05) is 6.07 Å². The molecule has 0 spiro atoms. The van der Waals surface area contributed by atoms with E-state index in [4.69, 9.17) is 4.74 Å². The van der Waals surface area contributed by atoms with Crippen LogP contribution in [0.25, 0.3) is 5.57 Å². The second-order valence-corrected chi connectivity index (χ2v) is 7.57. The van der Waals surface area contributed by atoms with Gasteiger partial charge in [-0.2, -0.15) is 0 Å². The zero-order chi connectivity index (χ0) is 22.7. The van der Waals surface area contributed by atoms with Crippen LogP contribution in [0.15, 0.2) is 48.2 Å². The number of hydrogen-bond acceptors (Lipinski definition) is 6. The van der Waals surface area contributed by atoms with E-state index in [1.54, 1.807) is 30.1 Å². The van der Waals surface area contributed by atoms with Crippen LogP contribution < -0.4 is 15.5 Å². The SMILES string of the molecule is COC(=O)c1ccc2c(c1)NC(=O)/C2=C(/C)Nc1ccc(N(C)C(=O)CN(C)C)cc1. The topological polar surface area (TPSA) is 91.0 Å². The molecule has 0 fully saturated rings. The smallest absolute Gasteiger partial charge is 0.337 e. The van der Waals surface area contributed by atoms with Gasteiger partial charge in [-0.05, 0) is 57.4 Å². The van der Waals surface area contributed by atoms with E-state index >= 15 is 0 Å². The lowest BCUT2D eigenvalue weighted by molar-refractivity contribution is -0.119. The summed E-state index contributed by atoms with van der Waals surface area (Å²) < 4.78 is 4.73. The summed E-state index contributed by atoms with van der Waals surface area (Å²) in [6.07, 6.45) is 0. The molecule has 0 saturated carbocycles. The Morgan fingerprint density at radius 3 is 2.35 bits per heavy atom. The summed E-state index contributed by atoms with van der Waals surface area (Å²) in [5, 5.41) is 6.04. The van der Waals surface area contributed by atoms with Gasteiger partial charge in [0, 0.05) is 29.7 Å². The van der Waals surface area contributed by atoms with Crippen molar-refractivity contribution in [3.8, 4) is 0 Å². The van der Waals surface area contributed by atoms with Gasteiger partial charge in [0.2, 0.25) is 5.91 Å². The molecule has 31 heavy (non-hydrogen) atoms. The Morgan fingerprint density at radius 1 is 1.06 bits per heavy atom. The summed E-state index contributed by atoms with van der Waals surface area (Å²) in [5.41, 5.74) is 4.41. The van der Waals surface area contributed by atoms with Crippen LogP contribution in [0.2, 0.25) is 0 Å². The number of nitrogens with zero attached hydrogens (tertiary/aromatic N) is 2. The number of allylic oxidation sites excluding steroid dienone is 1. The lowest BCUT2D eigenvalue weighted by Gasteiger charge is -2.20. The highest BCUT2D eigenvalue weighted by atomic mass is 16.5. The average molecular weight is 422 g/mol. The van der Waals surface area contributed by atoms with Crippen LogP contribution in [0.5, 0.6) is 0 Å². The predicted octanol–water partition coefficient (Wildman–Crippen LogP) is 2.79. The number of fused-ring (bicyclic) bond motifs is 1. The number of carbonyl (C=O) groups excluding carboxylic acids is 3. The molecule has 0 bridgehead atoms. The largest absolute Gasteiger partial charge is 0.465 e. The Morgan fingerprint density at radius 2 is 1.74 bits per heavy atom. The van der Waals surface area contributed by atoms with Gasteiger partial charge in [0.1, 0.15) is 0 Å². The number of carbonyl (C=O) groups is 3. The van der Waals surface area contributed by atoms with Crippen LogP contribution in [0, 0.1) is 0 Å². The molecule has 0 saturated heterocycles. The first kappa shape index (κ1) is 22.0. The van der Waals surface area contributed by atoms with Crippen LogP contribution in [0.3, 0.4) is 0 Å². The number of methoxy groups -OCH3 is 1. The standard InChI is InChI=1S/C23H26N4O4/c1-14(21-18-11-6-15(23(30)31-5)12-19(18)25-22(21)29)24-16-7-9-17(10-8-16)27(4)20(28)13-26(2)3/h6-12,24H,13H2,1-5H3,(H,25,29)/b21-14-. The molecule has 8 heteroatoms. The summed E-state index contributed by atoms with van der Waals surface area (Å²) in [5.74, 6) is -0.708. The van der Waals surface area contributed by atoms with Crippen molar-refractivity contribution in [3.63, 3.8) is 0 Å². The highest BCUT2D eigenvalue weighted by Gasteiger charge is 2.27. The van der Waals surface area contributed by atoms with Crippen molar-refractivity contribution >= 4 is 40.4 Å². The van der Waals surface area contributed by atoms with Crippen LogP contribution >= 0.6 is 0 Å². The Bertz CT molecular complexity index is 1060. The molecule has 3 rings (SSSR count). The molecule has 0 atom stereocenters. The summed E-state index contributed by atoms with van der Waals surface area (Å²) in [6, 6.07) is 12.4. The molecule has 0 radical (unpaired) electrons. The van der Waals surface area contributed by atoms with Crippen molar-refractivity contribution in [2.45, 2.75) is 6.92 Å². The van der Waals surface area contributed by atoms with E-state index in [2.05, 4.69) is 10.6 Å². The van der Waals surface area contributed by atoms with E-state index in [1.165, 1.54) is 7.11 Å². The van der Waals surface area contributed by atoms with Gasteiger partial charge in [0.05, 0.1) is 30.5 Å². The van der Waals surface area contributed by atoms with Gasteiger partial charge >= 0.3 is 5.97 Å². The lowest BCUT2D eigenvalue weighted by atomic mass is 10.0. The van der Waals surface area contributed by atoms with Crippen LogP contribution in [0.1, 0.15) is 22.8 Å². The van der Waals surface area contributed by atoms with Crippen LogP contribution in [-0.4, -0.2) is 57.5 Å². The van der Waals surface area contributed by atoms with Gasteiger partial charge in [-0.15, -0.1) is 0 Å². The number of benzene rings is 2. The van der Waals surface area contributed by atoms with E-state index < -0.39 is 5.97 Å². The van der Waals surface area contributed by atoms with Gasteiger partial charge < -0.3 is 25.2 Å². The Labute approximate surface area is 181 Å². The summed E-state index contributed by atoms with van der Waals surface area (Å²) in [6.45, 7) is 2.15. The molecule has 1 aliphatic rings. The van der Waals surface area contributed by atoms with Gasteiger partial charge in [0.25, 0.3) is 5.91 Å². The maximum Gasteiger partial charge on any atom is 0.337 e. The Hall–Kier alpha value is -3.65. The molecule has 8 nitrogen and oxygen atoms in total. The molecule has 2 aromatic rings. The van der Waals surface area contributed by atoms with Gasteiger partial charge in [-0.3, -0.25) is 9.59 Å². The zero-order valence-electron chi connectivity index (χ0n) is 18.3. The fourth-order valence-corrected chi connectivity index (χ4v) is 3.36. The van der Waals surface area contributed by atoms with E-state index in [0.717, 1.165) is 11.4 Å². The number of esters is 1. The van der Waals surface area contributed by atoms with Crippen molar-refractivity contribution in [2.75, 3.05) is 50.3 Å². The maximum absolute atomic E-state index is 12.5. The lowest BCUT2D eigenvalue weighted by Crippen LogP contribution is -2.34. The predicted molar refractivity (Wildman–Crippen MR) is 121 cm³/mol. The van der Waals surface area contributed by atoms with Crippen molar-refractivity contribution < 1.29 is 19.1 Å². The van der Waals surface area contributed by atoms with E-state index in [0.29, 0.717) is 34.6 Å². The Balaban J connectivity index is 1.80. The van der Waals surface area contributed by atoms with Crippen molar-refractivity contribution in [1.82, 2.24) is 4.90 Å². The first-order valence-electron chi connectivity index (χ1n) is 9.74. The minimum atomic E-state index is -0.460. The Kier molecular flexibility index (Phi) is 6.41. The van der Waals surface area contributed by atoms with Gasteiger partial charge in [0.15, 0.2) is 0 Å². The van der Waals surface area contributed by atoms with Crippen molar-refractivity contribution in [1.29, 1.82) is 0 Å².